The maximum absolute atomic E-state index is 12.0. The number of rotatable bonds is 4. The fraction of sp³-hybridized carbons (Fsp3) is 0.538. The average molecular weight is 288 g/mol. The SMILES string of the molecule is O=S(=O)(NCC1CCCC(Cl)C1)c1ccccc1. The number of alkyl halides is 1. The molecule has 2 atom stereocenters. The molecule has 2 rings (SSSR count). The molecule has 5 heteroatoms. The van der Waals surface area contributed by atoms with E-state index in [1.165, 1.54) is 0 Å². The molecule has 100 valence electrons. The minimum atomic E-state index is -3.37. The zero-order valence-corrected chi connectivity index (χ0v) is 11.8. The van der Waals surface area contributed by atoms with Gasteiger partial charge in [0.2, 0.25) is 10.0 Å². The van der Waals surface area contributed by atoms with E-state index in [4.69, 9.17) is 11.6 Å². The van der Waals surface area contributed by atoms with Crippen LogP contribution in [0.1, 0.15) is 25.7 Å². The minimum absolute atomic E-state index is 0.199. The number of sulfonamides is 1. The van der Waals surface area contributed by atoms with Gasteiger partial charge in [-0.05, 0) is 37.3 Å². The molecule has 1 fully saturated rings. The third-order valence-corrected chi connectivity index (χ3v) is 5.17. The van der Waals surface area contributed by atoms with Crippen LogP contribution in [0, 0.1) is 5.92 Å². The van der Waals surface area contributed by atoms with Crippen LogP contribution in [0.15, 0.2) is 35.2 Å². The summed E-state index contributed by atoms with van der Waals surface area (Å²) in [6, 6.07) is 8.47. The Balaban J connectivity index is 1.93. The number of benzene rings is 1. The van der Waals surface area contributed by atoms with Crippen molar-refractivity contribution < 1.29 is 8.42 Å². The smallest absolute Gasteiger partial charge is 0.211 e. The standard InChI is InChI=1S/C13H18ClNO2S/c14-12-6-4-5-11(9-12)10-15-18(16,17)13-7-2-1-3-8-13/h1-3,7-8,11-12,15H,4-6,9-10H2. The fourth-order valence-electron chi connectivity index (χ4n) is 2.32. The molecule has 0 spiro atoms. The summed E-state index contributed by atoms with van der Waals surface area (Å²) in [5.41, 5.74) is 0. The van der Waals surface area contributed by atoms with Crippen molar-refractivity contribution in [2.75, 3.05) is 6.54 Å². The van der Waals surface area contributed by atoms with Gasteiger partial charge in [0.1, 0.15) is 0 Å². The van der Waals surface area contributed by atoms with E-state index in [0.29, 0.717) is 17.4 Å². The highest BCUT2D eigenvalue weighted by molar-refractivity contribution is 7.89. The van der Waals surface area contributed by atoms with Crippen LogP contribution >= 0.6 is 11.6 Å². The second-order valence-electron chi connectivity index (χ2n) is 4.79. The lowest BCUT2D eigenvalue weighted by Crippen LogP contribution is -2.32. The molecule has 1 aromatic carbocycles. The second-order valence-corrected chi connectivity index (χ2v) is 7.18. The van der Waals surface area contributed by atoms with Crippen molar-refractivity contribution in [2.45, 2.75) is 36.0 Å². The quantitative estimate of drug-likeness (QED) is 0.866. The Kier molecular flexibility index (Phi) is 4.65. The summed E-state index contributed by atoms with van der Waals surface area (Å²) in [7, 11) is -3.37. The highest BCUT2D eigenvalue weighted by atomic mass is 35.5. The van der Waals surface area contributed by atoms with Gasteiger partial charge in [-0.25, -0.2) is 13.1 Å². The van der Waals surface area contributed by atoms with E-state index in [-0.39, 0.29) is 5.38 Å². The summed E-state index contributed by atoms with van der Waals surface area (Å²) in [6.07, 6.45) is 4.09. The first-order valence-electron chi connectivity index (χ1n) is 6.27. The second kappa shape index (κ2) is 6.04. The molecule has 0 heterocycles. The van der Waals surface area contributed by atoms with Gasteiger partial charge in [-0.1, -0.05) is 24.6 Å². The van der Waals surface area contributed by atoms with Gasteiger partial charge in [-0.2, -0.15) is 0 Å². The van der Waals surface area contributed by atoms with E-state index in [1.54, 1.807) is 30.3 Å². The Bertz CT molecular complexity index is 475. The topological polar surface area (TPSA) is 46.2 Å². The molecule has 0 amide bonds. The van der Waals surface area contributed by atoms with E-state index in [0.717, 1.165) is 25.7 Å². The Morgan fingerprint density at radius 1 is 1.22 bits per heavy atom. The van der Waals surface area contributed by atoms with E-state index in [9.17, 15) is 8.42 Å². The molecule has 0 aliphatic heterocycles. The third kappa shape index (κ3) is 3.70. The van der Waals surface area contributed by atoms with Gasteiger partial charge in [0, 0.05) is 11.9 Å². The fourth-order valence-corrected chi connectivity index (χ4v) is 3.86. The molecule has 0 saturated heterocycles. The molecule has 0 bridgehead atoms. The molecule has 1 N–H and O–H groups in total. The Hall–Kier alpha value is -0.580. The van der Waals surface area contributed by atoms with Crippen LogP contribution in [-0.4, -0.2) is 20.3 Å². The highest BCUT2D eigenvalue weighted by Gasteiger charge is 2.22. The molecular weight excluding hydrogens is 270 g/mol. The molecule has 1 aliphatic rings. The molecule has 0 radical (unpaired) electrons. The van der Waals surface area contributed by atoms with Gasteiger partial charge in [-0.3, -0.25) is 0 Å². The first-order chi connectivity index (χ1) is 8.58. The predicted octanol–water partition coefficient (Wildman–Crippen LogP) is 2.76. The number of nitrogens with one attached hydrogen (secondary N) is 1. The lowest BCUT2D eigenvalue weighted by atomic mass is 9.89. The van der Waals surface area contributed by atoms with Gasteiger partial charge in [0.15, 0.2) is 0 Å². The largest absolute Gasteiger partial charge is 0.240 e. The number of hydrogen-bond acceptors (Lipinski definition) is 2. The molecule has 18 heavy (non-hydrogen) atoms. The third-order valence-electron chi connectivity index (χ3n) is 3.33. The summed E-state index contributed by atoms with van der Waals surface area (Å²) in [6.45, 7) is 0.487. The molecule has 1 saturated carbocycles. The van der Waals surface area contributed by atoms with Crippen molar-refractivity contribution in [2.24, 2.45) is 5.92 Å². The lowest BCUT2D eigenvalue weighted by molar-refractivity contribution is 0.361. The molecule has 1 aliphatic carbocycles. The van der Waals surface area contributed by atoms with Crippen molar-refractivity contribution in [1.82, 2.24) is 4.72 Å². The lowest BCUT2D eigenvalue weighted by Gasteiger charge is -2.25. The van der Waals surface area contributed by atoms with Crippen molar-refractivity contribution in [3.8, 4) is 0 Å². The monoisotopic (exact) mass is 287 g/mol. The van der Waals surface area contributed by atoms with E-state index < -0.39 is 10.0 Å². The van der Waals surface area contributed by atoms with Crippen LogP contribution in [0.25, 0.3) is 0 Å². The van der Waals surface area contributed by atoms with Gasteiger partial charge < -0.3 is 0 Å². The maximum Gasteiger partial charge on any atom is 0.240 e. The molecular formula is C13H18ClNO2S. The first-order valence-corrected chi connectivity index (χ1v) is 8.18. The van der Waals surface area contributed by atoms with Crippen LogP contribution in [0.4, 0.5) is 0 Å². The van der Waals surface area contributed by atoms with E-state index in [1.807, 2.05) is 0 Å². The van der Waals surface area contributed by atoms with Crippen molar-refractivity contribution >= 4 is 21.6 Å². The van der Waals surface area contributed by atoms with Gasteiger partial charge in [0.05, 0.1) is 4.90 Å². The van der Waals surface area contributed by atoms with Crippen molar-refractivity contribution in [3.63, 3.8) is 0 Å². The van der Waals surface area contributed by atoms with Crippen LogP contribution < -0.4 is 4.72 Å². The van der Waals surface area contributed by atoms with Crippen LogP contribution in [0.5, 0.6) is 0 Å². The zero-order valence-electron chi connectivity index (χ0n) is 10.2. The van der Waals surface area contributed by atoms with Gasteiger partial charge in [0.25, 0.3) is 0 Å². The summed E-state index contributed by atoms with van der Waals surface area (Å²) >= 11 is 6.10. The van der Waals surface area contributed by atoms with Crippen molar-refractivity contribution in [3.05, 3.63) is 30.3 Å². The van der Waals surface area contributed by atoms with Gasteiger partial charge >= 0.3 is 0 Å². The maximum atomic E-state index is 12.0. The number of halogens is 1. The van der Waals surface area contributed by atoms with Crippen LogP contribution in [0.2, 0.25) is 0 Å². The molecule has 1 aromatic rings. The van der Waals surface area contributed by atoms with E-state index in [2.05, 4.69) is 4.72 Å². The average Bonchev–Trinajstić information content (AvgIpc) is 2.38. The van der Waals surface area contributed by atoms with Crippen LogP contribution in [-0.2, 0) is 10.0 Å². The Morgan fingerprint density at radius 2 is 1.94 bits per heavy atom. The molecule has 0 aromatic heterocycles. The van der Waals surface area contributed by atoms with Gasteiger partial charge in [-0.15, -0.1) is 11.6 Å². The summed E-state index contributed by atoms with van der Waals surface area (Å²) < 4.78 is 26.7. The Labute approximate surface area is 114 Å². The highest BCUT2D eigenvalue weighted by Crippen LogP contribution is 2.27. The first kappa shape index (κ1) is 13.8. The summed E-state index contributed by atoms with van der Waals surface area (Å²) in [5.74, 6) is 0.361. The van der Waals surface area contributed by atoms with Crippen molar-refractivity contribution in [1.29, 1.82) is 0 Å². The summed E-state index contributed by atoms with van der Waals surface area (Å²) in [5, 5.41) is 0.199. The van der Waals surface area contributed by atoms with Crippen LogP contribution in [0.3, 0.4) is 0 Å². The number of hydrogen-bond donors (Lipinski definition) is 1. The molecule has 2 unspecified atom stereocenters. The minimum Gasteiger partial charge on any atom is -0.211 e. The van der Waals surface area contributed by atoms with E-state index >= 15 is 0 Å². The normalized spacial score (nSPS) is 24.9. The Morgan fingerprint density at radius 3 is 2.61 bits per heavy atom. The zero-order chi connectivity index (χ0) is 13.0. The predicted molar refractivity (Wildman–Crippen MR) is 73.2 cm³/mol. The molecule has 3 nitrogen and oxygen atoms in total. The summed E-state index contributed by atoms with van der Waals surface area (Å²) in [4.78, 5) is 0.322.